The maximum atomic E-state index is 5.75. The lowest BCUT2D eigenvalue weighted by Crippen LogP contribution is -2.09. The lowest BCUT2D eigenvalue weighted by Gasteiger charge is -2.12. The van der Waals surface area contributed by atoms with Crippen molar-refractivity contribution < 1.29 is 9.47 Å². The third-order valence-corrected chi connectivity index (χ3v) is 3.00. The number of unbranched alkanes of at least 4 members (excludes halogenated alkanes) is 1. The zero-order valence-electron chi connectivity index (χ0n) is 12.9. The molecule has 22 heavy (non-hydrogen) atoms. The summed E-state index contributed by atoms with van der Waals surface area (Å²) in [7, 11) is 1.61. The maximum absolute atomic E-state index is 5.75. The van der Waals surface area contributed by atoms with Gasteiger partial charge in [-0.3, -0.25) is 4.98 Å². The van der Waals surface area contributed by atoms with Gasteiger partial charge in [-0.15, -0.1) is 0 Å². The summed E-state index contributed by atoms with van der Waals surface area (Å²) in [5, 5.41) is 3.21. The molecule has 3 N–H and O–H groups in total. The fraction of sp³-hybridized carbons (Fsp3) is 0.400. The van der Waals surface area contributed by atoms with E-state index in [1.165, 1.54) is 0 Å². The van der Waals surface area contributed by atoms with Gasteiger partial charge in [-0.05, 0) is 12.5 Å². The summed E-state index contributed by atoms with van der Waals surface area (Å²) in [6, 6.07) is 3.61. The predicted molar refractivity (Wildman–Crippen MR) is 85.0 cm³/mol. The van der Waals surface area contributed by atoms with Gasteiger partial charge in [-0.25, -0.2) is 4.98 Å². The number of pyridine rings is 1. The fourth-order valence-electron chi connectivity index (χ4n) is 1.81. The summed E-state index contributed by atoms with van der Waals surface area (Å²) in [4.78, 5) is 12.4. The number of aromatic nitrogens is 3. The first kappa shape index (κ1) is 15.8. The second-order valence-electron chi connectivity index (χ2n) is 4.70. The minimum absolute atomic E-state index is 0.214. The summed E-state index contributed by atoms with van der Waals surface area (Å²) < 4.78 is 10.9. The van der Waals surface area contributed by atoms with E-state index in [4.69, 9.17) is 15.2 Å². The van der Waals surface area contributed by atoms with Crippen LogP contribution in [0.2, 0.25) is 0 Å². The van der Waals surface area contributed by atoms with Crippen LogP contribution in [0.4, 0.5) is 11.8 Å². The third kappa shape index (κ3) is 4.47. The minimum Gasteiger partial charge on any atom is -0.497 e. The van der Waals surface area contributed by atoms with Gasteiger partial charge in [-0.1, -0.05) is 13.3 Å². The van der Waals surface area contributed by atoms with Gasteiger partial charge in [0.25, 0.3) is 0 Å². The molecule has 0 aliphatic heterocycles. The smallest absolute Gasteiger partial charge is 0.222 e. The second kappa shape index (κ2) is 8.02. The van der Waals surface area contributed by atoms with Gasteiger partial charge in [-0.2, -0.15) is 4.98 Å². The number of anilines is 2. The van der Waals surface area contributed by atoms with Crippen molar-refractivity contribution in [1.29, 1.82) is 0 Å². The molecule has 0 aromatic carbocycles. The van der Waals surface area contributed by atoms with E-state index in [1.54, 1.807) is 25.6 Å². The van der Waals surface area contributed by atoms with E-state index < -0.39 is 0 Å². The molecular formula is C15H21N5O2. The molecule has 0 radical (unpaired) electrons. The van der Waals surface area contributed by atoms with E-state index in [0.29, 0.717) is 18.2 Å². The maximum Gasteiger partial charge on any atom is 0.222 e. The van der Waals surface area contributed by atoms with Crippen LogP contribution >= 0.6 is 0 Å². The van der Waals surface area contributed by atoms with Crippen molar-refractivity contribution in [3.05, 3.63) is 30.2 Å². The zero-order chi connectivity index (χ0) is 15.8. The van der Waals surface area contributed by atoms with Crippen molar-refractivity contribution in [3.63, 3.8) is 0 Å². The average molecular weight is 303 g/mol. The van der Waals surface area contributed by atoms with E-state index in [2.05, 4.69) is 27.2 Å². The highest BCUT2D eigenvalue weighted by molar-refractivity contribution is 5.51. The highest BCUT2D eigenvalue weighted by Crippen LogP contribution is 2.23. The van der Waals surface area contributed by atoms with Gasteiger partial charge in [0, 0.05) is 18.8 Å². The van der Waals surface area contributed by atoms with Crippen molar-refractivity contribution >= 4 is 11.8 Å². The van der Waals surface area contributed by atoms with E-state index in [9.17, 15) is 0 Å². The van der Waals surface area contributed by atoms with E-state index in [-0.39, 0.29) is 5.95 Å². The number of methoxy groups -OCH3 is 1. The predicted octanol–water partition coefficient (Wildman–Crippen LogP) is 2.25. The lowest BCUT2D eigenvalue weighted by atomic mass is 10.3. The molecule has 7 nitrogen and oxygen atoms in total. The van der Waals surface area contributed by atoms with Crippen molar-refractivity contribution in [3.8, 4) is 11.5 Å². The molecule has 0 saturated carbocycles. The standard InChI is InChI=1S/C15H21N5O2/c1-3-4-6-18-14-13(9-19-15(16)20-14)22-10-11-8-12(21-2)5-7-17-11/h5,7-9H,3-4,6,10H2,1-2H3,(H3,16,18,19,20). The molecule has 0 bridgehead atoms. The van der Waals surface area contributed by atoms with Gasteiger partial charge in [0.05, 0.1) is 19.0 Å². The average Bonchev–Trinajstić information content (AvgIpc) is 2.54. The quantitative estimate of drug-likeness (QED) is 0.722. The number of ether oxygens (including phenoxy) is 2. The molecule has 7 heteroatoms. The summed E-state index contributed by atoms with van der Waals surface area (Å²) in [6.07, 6.45) is 5.38. The highest BCUT2D eigenvalue weighted by Gasteiger charge is 2.08. The van der Waals surface area contributed by atoms with E-state index >= 15 is 0 Å². The Morgan fingerprint density at radius 3 is 2.95 bits per heavy atom. The molecule has 2 heterocycles. The molecule has 0 atom stereocenters. The Morgan fingerprint density at radius 1 is 1.32 bits per heavy atom. The summed E-state index contributed by atoms with van der Waals surface area (Å²) in [5.74, 6) is 2.10. The van der Waals surface area contributed by atoms with Crippen molar-refractivity contribution in [2.45, 2.75) is 26.4 Å². The summed E-state index contributed by atoms with van der Waals surface area (Å²) in [5.41, 5.74) is 6.39. The molecule has 0 aliphatic carbocycles. The topological polar surface area (TPSA) is 95.2 Å². The van der Waals surface area contributed by atoms with Gasteiger partial charge >= 0.3 is 0 Å². The van der Waals surface area contributed by atoms with Crippen molar-refractivity contribution in [2.24, 2.45) is 0 Å². The Morgan fingerprint density at radius 2 is 2.18 bits per heavy atom. The van der Waals surface area contributed by atoms with Crippen LogP contribution in [0.15, 0.2) is 24.5 Å². The normalized spacial score (nSPS) is 10.3. The Labute approximate surface area is 129 Å². The highest BCUT2D eigenvalue weighted by atomic mass is 16.5. The molecule has 0 spiro atoms. The van der Waals surface area contributed by atoms with Crippen LogP contribution in [-0.4, -0.2) is 28.6 Å². The number of nitrogen functional groups attached to an aromatic ring is 1. The van der Waals surface area contributed by atoms with Crippen LogP contribution in [0.5, 0.6) is 11.5 Å². The molecule has 0 saturated heterocycles. The number of nitrogens with zero attached hydrogens (tertiary/aromatic N) is 3. The summed E-state index contributed by atoms with van der Waals surface area (Å²) >= 11 is 0. The second-order valence-corrected chi connectivity index (χ2v) is 4.70. The molecule has 0 fully saturated rings. The molecule has 2 aromatic heterocycles. The van der Waals surface area contributed by atoms with Gasteiger partial charge < -0.3 is 20.5 Å². The molecule has 0 unspecified atom stereocenters. The van der Waals surface area contributed by atoms with Crippen molar-refractivity contribution in [1.82, 2.24) is 15.0 Å². The van der Waals surface area contributed by atoms with E-state index in [1.807, 2.05) is 6.07 Å². The number of nitrogens with two attached hydrogens (primary N) is 1. The Bertz CT molecular complexity index is 606. The fourth-order valence-corrected chi connectivity index (χ4v) is 1.81. The van der Waals surface area contributed by atoms with Crippen LogP contribution < -0.4 is 20.5 Å². The van der Waals surface area contributed by atoms with Gasteiger partial charge in [0.15, 0.2) is 11.6 Å². The van der Waals surface area contributed by atoms with Crippen LogP contribution in [0.25, 0.3) is 0 Å². The number of hydrogen-bond donors (Lipinski definition) is 2. The minimum atomic E-state index is 0.214. The number of hydrogen-bond acceptors (Lipinski definition) is 7. The first-order valence-corrected chi connectivity index (χ1v) is 7.21. The molecule has 2 aromatic rings. The Kier molecular flexibility index (Phi) is 5.76. The third-order valence-electron chi connectivity index (χ3n) is 3.00. The van der Waals surface area contributed by atoms with Crippen LogP contribution in [-0.2, 0) is 6.61 Å². The Hall–Kier alpha value is -2.57. The van der Waals surface area contributed by atoms with E-state index in [0.717, 1.165) is 30.8 Å². The largest absolute Gasteiger partial charge is 0.497 e. The van der Waals surface area contributed by atoms with Gasteiger partial charge in [0.1, 0.15) is 12.4 Å². The van der Waals surface area contributed by atoms with Crippen molar-refractivity contribution in [2.75, 3.05) is 24.7 Å². The van der Waals surface area contributed by atoms with Crippen LogP contribution in [0.1, 0.15) is 25.5 Å². The molecule has 0 aliphatic rings. The molecule has 0 amide bonds. The summed E-state index contributed by atoms with van der Waals surface area (Å²) in [6.45, 7) is 3.23. The van der Waals surface area contributed by atoms with Gasteiger partial charge in [0.2, 0.25) is 5.95 Å². The van der Waals surface area contributed by atoms with Crippen LogP contribution in [0, 0.1) is 0 Å². The Balaban J connectivity index is 2.04. The van der Waals surface area contributed by atoms with Crippen LogP contribution in [0.3, 0.4) is 0 Å². The zero-order valence-corrected chi connectivity index (χ0v) is 12.9. The number of rotatable bonds is 8. The first-order chi connectivity index (χ1) is 10.7. The SMILES string of the molecule is CCCCNc1nc(N)ncc1OCc1cc(OC)ccn1. The molecular weight excluding hydrogens is 282 g/mol. The molecule has 2 rings (SSSR count). The molecule has 118 valence electrons. The monoisotopic (exact) mass is 303 g/mol. The first-order valence-electron chi connectivity index (χ1n) is 7.21. The lowest BCUT2D eigenvalue weighted by molar-refractivity contribution is 0.299. The number of nitrogens with one attached hydrogen (secondary N) is 1.